The summed E-state index contributed by atoms with van der Waals surface area (Å²) in [5.74, 6) is 0. The molecular formula is C15H16N4O. The molecule has 0 aliphatic heterocycles. The molecule has 0 spiro atoms. The molecule has 5 heteroatoms. The summed E-state index contributed by atoms with van der Waals surface area (Å²) >= 11 is 0. The molecule has 0 aliphatic carbocycles. The molecule has 1 aromatic carbocycles. The lowest BCUT2D eigenvalue weighted by Crippen LogP contribution is -2.03. The van der Waals surface area contributed by atoms with Gasteiger partial charge in [-0.3, -0.25) is 14.6 Å². The third-order valence-corrected chi connectivity index (χ3v) is 3.33. The Bertz CT molecular complexity index is 717. The van der Waals surface area contributed by atoms with Crippen molar-refractivity contribution in [3.63, 3.8) is 0 Å². The van der Waals surface area contributed by atoms with E-state index in [1.165, 1.54) is 0 Å². The molecule has 102 valence electrons. The molecule has 1 N–H and O–H groups in total. The Morgan fingerprint density at radius 1 is 1.25 bits per heavy atom. The quantitative estimate of drug-likeness (QED) is 0.787. The van der Waals surface area contributed by atoms with Gasteiger partial charge in [0.1, 0.15) is 0 Å². The molecule has 0 aliphatic rings. The van der Waals surface area contributed by atoms with Crippen LogP contribution in [0.5, 0.6) is 0 Å². The van der Waals surface area contributed by atoms with E-state index in [-0.39, 0.29) is 0 Å². The van der Waals surface area contributed by atoms with E-state index in [0.717, 1.165) is 28.7 Å². The fraction of sp³-hybridized carbons (Fsp3) is 0.267. The van der Waals surface area contributed by atoms with Gasteiger partial charge in [-0.15, -0.1) is 0 Å². The Balaban J connectivity index is 1.90. The van der Waals surface area contributed by atoms with Gasteiger partial charge in [-0.2, -0.15) is 5.10 Å². The molecule has 0 saturated heterocycles. The lowest BCUT2D eigenvalue weighted by molar-refractivity contribution is 0.180. The monoisotopic (exact) mass is 268 g/mol. The first-order valence-corrected chi connectivity index (χ1v) is 6.67. The van der Waals surface area contributed by atoms with Crippen molar-refractivity contribution in [2.24, 2.45) is 0 Å². The molecular weight excluding hydrogens is 252 g/mol. The van der Waals surface area contributed by atoms with Crippen LogP contribution in [0.1, 0.15) is 24.2 Å². The first kappa shape index (κ1) is 12.7. The number of aliphatic hydroxyl groups is 1. The van der Waals surface area contributed by atoms with Gasteiger partial charge in [-0.1, -0.05) is 12.1 Å². The Hall–Kier alpha value is -2.27. The van der Waals surface area contributed by atoms with Crippen LogP contribution in [0.4, 0.5) is 0 Å². The molecule has 3 rings (SSSR count). The fourth-order valence-electron chi connectivity index (χ4n) is 2.30. The summed E-state index contributed by atoms with van der Waals surface area (Å²) in [4.78, 5) is 8.58. The van der Waals surface area contributed by atoms with Crippen LogP contribution in [0.3, 0.4) is 0 Å². The van der Waals surface area contributed by atoms with Crippen LogP contribution in [0.15, 0.2) is 43.0 Å². The fourth-order valence-corrected chi connectivity index (χ4v) is 2.30. The number of aliphatic hydroxyl groups excluding tert-OH is 1. The van der Waals surface area contributed by atoms with E-state index in [2.05, 4.69) is 15.1 Å². The maximum Gasteiger partial charge on any atom is 0.0944 e. The molecule has 0 bridgehead atoms. The number of hydrogen-bond donors (Lipinski definition) is 1. The standard InChI is InChI=1S/C15H16N4O/c1-2-19-10-11(9-18-19)8-14(20)12-4-3-5-13-15(12)17-7-6-16-13/h3-7,9-10,14,20H,2,8H2,1H3. The minimum absolute atomic E-state index is 0.523. The van der Waals surface area contributed by atoms with Crippen LogP contribution >= 0.6 is 0 Å². The summed E-state index contributed by atoms with van der Waals surface area (Å²) in [6.07, 6.45) is 6.97. The van der Waals surface area contributed by atoms with Crippen LogP contribution in [-0.2, 0) is 13.0 Å². The van der Waals surface area contributed by atoms with Crippen LogP contribution < -0.4 is 0 Å². The van der Waals surface area contributed by atoms with Crippen LogP contribution in [0.2, 0.25) is 0 Å². The highest BCUT2D eigenvalue weighted by atomic mass is 16.3. The highest BCUT2D eigenvalue weighted by Crippen LogP contribution is 2.24. The highest BCUT2D eigenvalue weighted by Gasteiger charge is 2.14. The second-order valence-corrected chi connectivity index (χ2v) is 4.70. The average molecular weight is 268 g/mol. The van der Waals surface area contributed by atoms with Gasteiger partial charge in [0.15, 0.2) is 0 Å². The predicted molar refractivity (Wildman–Crippen MR) is 76.1 cm³/mol. The van der Waals surface area contributed by atoms with Crippen LogP contribution in [-0.4, -0.2) is 24.9 Å². The molecule has 5 nitrogen and oxygen atoms in total. The van der Waals surface area contributed by atoms with E-state index < -0.39 is 6.10 Å². The Morgan fingerprint density at radius 3 is 2.90 bits per heavy atom. The van der Waals surface area contributed by atoms with Gasteiger partial charge >= 0.3 is 0 Å². The first-order valence-electron chi connectivity index (χ1n) is 6.67. The number of para-hydroxylation sites is 1. The molecule has 0 saturated carbocycles. The van der Waals surface area contributed by atoms with E-state index in [0.29, 0.717) is 6.42 Å². The number of rotatable bonds is 4. The summed E-state index contributed by atoms with van der Waals surface area (Å²) in [5, 5.41) is 14.7. The van der Waals surface area contributed by atoms with Crippen molar-refractivity contribution in [3.05, 3.63) is 54.1 Å². The SMILES string of the molecule is CCn1cc(CC(O)c2cccc3nccnc23)cn1. The van der Waals surface area contributed by atoms with Crippen molar-refractivity contribution in [1.82, 2.24) is 19.7 Å². The van der Waals surface area contributed by atoms with Gasteiger partial charge in [-0.25, -0.2) is 0 Å². The number of fused-ring (bicyclic) bond motifs is 1. The highest BCUT2D eigenvalue weighted by molar-refractivity contribution is 5.77. The zero-order valence-electron chi connectivity index (χ0n) is 11.3. The molecule has 2 heterocycles. The largest absolute Gasteiger partial charge is 0.388 e. The molecule has 1 unspecified atom stereocenters. The van der Waals surface area contributed by atoms with Gasteiger partial charge in [0.2, 0.25) is 0 Å². The van der Waals surface area contributed by atoms with E-state index in [1.807, 2.05) is 36.0 Å². The molecule has 0 radical (unpaired) electrons. The van der Waals surface area contributed by atoms with Crippen molar-refractivity contribution < 1.29 is 5.11 Å². The Morgan fingerprint density at radius 2 is 2.10 bits per heavy atom. The topological polar surface area (TPSA) is 63.8 Å². The number of aryl methyl sites for hydroxylation is 1. The third kappa shape index (κ3) is 2.40. The van der Waals surface area contributed by atoms with Crippen molar-refractivity contribution in [3.8, 4) is 0 Å². The van der Waals surface area contributed by atoms with Gasteiger partial charge in [0, 0.05) is 37.1 Å². The van der Waals surface area contributed by atoms with Crippen LogP contribution in [0, 0.1) is 0 Å². The maximum atomic E-state index is 10.4. The molecule has 2 aromatic heterocycles. The van der Waals surface area contributed by atoms with Crippen molar-refractivity contribution in [1.29, 1.82) is 0 Å². The van der Waals surface area contributed by atoms with Gasteiger partial charge in [-0.05, 0) is 18.6 Å². The minimum atomic E-state index is -0.607. The maximum absolute atomic E-state index is 10.4. The minimum Gasteiger partial charge on any atom is -0.388 e. The van der Waals surface area contributed by atoms with E-state index in [9.17, 15) is 5.11 Å². The second kappa shape index (κ2) is 5.38. The number of nitrogens with zero attached hydrogens (tertiary/aromatic N) is 4. The van der Waals surface area contributed by atoms with Crippen molar-refractivity contribution in [2.45, 2.75) is 26.0 Å². The second-order valence-electron chi connectivity index (χ2n) is 4.70. The predicted octanol–water partition coefficient (Wildman–Crippen LogP) is 2.12. The lowest BCUT2D eigenvalue weighted by Gasteiger charge is -2.11. The Kier molecular flexibility index (Phi) is 3.43. The van der Waals surface area contributed by atoms with Crippen molar-refractivity contribution in [2.75, 3.05) is 0 Å². The van der Waals surface area contributed by atoms with Gasteiger partial charge < -0.3 is 5.11 Å². The summed E-state index contributed by atoms with van der Waals surface area (Å²) < 4.78 is 1.85. The van der Waals surface area contributed by atoms with E-state index >= 15 is 0 Å². The molecule has 1 atom stereocenters. The van der Waals surface area contributed by atoms with E-state index in [4.69, 9.17) is 0 Å². The smallest absolute Gasteiger partial charge is 0.0944 e. The summed E-state index contributed by atoms with van der Waals surface area (Å²) in [7, 11) is 0. The summed E-state index contributed by atoms with van der Waals surface area (Å²) in [6, 6.07) is 5.69. The Labute approximate surface area is 116 Å². The first-order chi connectivity index (χ1) is 9.78. The number of hydrogen-bond acceptors (Lipinski definition) is 4. The molecule has 0 fully saturated rings. The molecule has 3 aromatic rings. The van der Waals surface area contributed by atoms with Crippen LogP contribution in [0.25, 0.3) is 11.0 Å². The molecule has 20 heavy (non-hydrogen) atoms. The van der Waals surface area contributed by atoms with E-state index in [1.54, 1.807) is 18.6 Å². The third-order valence-electron chi connectivity index (χ3n) is 3.33. The van der Waals surface area contributed by atoms with Gasteiger partial charge in [0.05, 0.1) is 23.3 Å². The normalized spacial score (nSPS) is 12.7. The van der Waals surface area contributed by atoms with Gasteiger partial charge in [0.25, 0.3) is 0 Å². The molecule has 0 amide bonds. The zero-order valence-corrected chi connectivity index (χ0v) is 11.3. The summed E-state index contributed by atoms with van der Waals surface area (Å²) in [6.45, 7) is 2.86. The number of aromatic nitrogens is 4. The lowest BCUT2D eigenvalue weighted by atomic mass is 10.0. The summed E-state index contributed by atoms with van der Waals surface area (Å²) in [5.41, 5.74) is 3.37. The number of benzene rings is 1. The average Bonchev–Trinajstić information content (AvgIpc) is 2.94. The zero-order chi connectivity index (χ0) is 13.9. The van der Waals surface area contributed by atoms with Crippen molar-refractivity contribution >= 4 is 11.0 Å².